The minimum atomic E-state index is -1.35. The number of aromatic nitrogens is 3. The molecule has 0 fully saturated rings. The second kappa shape index (κ2) is 8.19. The van der Waals surface area contributed by atoms with E-state index in [1.165, 1.54) is 6.20 Å². The first-order chi connectivity index (χ1) is 17.7. The van der Waals surface area contributed by atoms with Gasteiger partial charge in [0.25, 0.3) is 0 Å². The first-order valence-electron chi connectivity index (χ1n) is 11.8. The number of fused-ring (bicyclic) bond motifs is 1. The highest BCUT2D eigenvalue weighted by atomic mass is 19.1. The number of rotatable bonds is 4. The van der Waals surface area contributed by atoms with Crippen molar-refractivity contribution in [3.8, 4) is 16.9 Å². The molecule has 0 spiro atoms. The first kappa shape index (κ1) is 22.8. The molecular weight excluding hydrogens is 479 g/mol. The number of ether oxygens (including phenoxy) is 1. The van der Waals surface area contributed by atoms with Crippen LogP contribution in [0.5, 0.6) is 5.75 Å². The average Bonchev–Trinajstić information content (AvgIpc) is 3.25. The van der Waals surface area contributed by atoms with Crippen LogP contribution in [0.15, 0.2) is 41.5 Å². The number of pyridine rings is 1. The fraction of sp³-hybridized carbons (Fsp3) is 0.231. The zero-order valence-corrected chi connectivity index (χ0v) is 19.9. The van der Waals surface area contributed by atoms with Crippen LogP contribution in [0.3, 0.4) is 0 Å². The number of hydrogen-bond acceptors (Lipinski definition) is 8. The molecule has 0 amide bonds. The van der Waals surface area contributed by atoms with E-state index < -0.39 is 22.8 Å². The molecule has 2 aromatic carbocycles. The molecule has 0 radical (unpaired) electrons. The van der Waals surface area contributed by atoms with Crippen LogP contribution in [0.25, 0.3) is 22.0 Å². The molecule has 5 N–H and O–H groups in total. The van der Waals surface area contributed by atoms with Crippen LogP contribution in [-0.4, -0.2) is 38.8 Å². The van der Waals surface area contributed by atoms with Gasteiger partial charge in [0.15, 0.2) is 5.75 Å². The Kier molecular flexibility index (Phi) is 5.04. The average molecular weight is 503 g/mol. The zero-order chi connectivity index (χ0) is 26.0. The van der Waals surface area contributed by atoms with Crippen LogP contribution in [0.2, 0.25) is 0 Å². The van der Waals surface area contributed by atoms with E-state index >= 15 is 4.39 Å². The van der Waals surface area contributed by atoms with Crippen molar-refractivity contribution in [2.24, 2.45) is 0 Å². The molecule has 37 heavy (non-hydrogen) atoms. The van der Waals surface area contributed by atoms with Crippen LogP contribution in [0.4, 0.5) is 21.8 Å². The summed E-state index contributed by atoms with van der Waals surface area (Å²) in [6.45, 7) is 3.31. The van der Waals surface area contributed by atoms with Crippen molar-refractivity contribution in [2.75, 3.05) is 29.5 Å². The normalized spacial score (nSPS) is 16.1. The molecule has 0 saturated heterocycles. The molecular formula is C26H23FN6O4. The third-order valence-corrected chi connectivity index (χ3v) is 7.03. The van der Waals surface area contributed by atoms with Crippen molar-refractivity contribution in [2.45, 2.75) is 25.9 Å². The highest BCUT2D eigenvalue weighted by Crippen LogP contribution is 2.43. The standard InChI is InChI=1S/C26H23FN6O4/c1-12-11-37-23-20(18(27)7-16-21(23)33(12)10-17(22(16)34)25(35)36)14-2-3-19-13(6-14)4-5-32(19)9-15-8-30-26(29)31-24(15)28/h2-3,6-8,10,12H,4-5,9,11H2,1H3,(H,35,36)(H4,28,29,30,31). The molecule has 1 atom stereocenters. The lowest BCUT2D eigenvalue weighted by Crippen LogP contribution is -2.27. The van der Waals surface area contributed by atoms with Gasteiger partial charge in [-0.15, -0.1) is 0 Å². The summed E-state index contributed by atoms with van der Waals surface area (Å²) in [5.41, 5.74) is 14.5. The summed E-state index contributed by atoms with van der Waals surface area (Å²) in [4.78, 5) is 34.7. The maximum Gasteiger partial charge on any atom is 0.341 e. The smallest absolute Gasteiger partial charge is 0.341 e. The van der Waals surface area contributed by atoms with E-state index in [-0.39, 0.29) is 35.3 Å². The highest BCUT2D eigenvalue weighted by Gasteiger charge is 2.29. The zero-order valence-electron chi connectivity index (χ0n) is 19.9. The Bertz CT molecular complexity index is 1680. The Morgan fingerprint density at radius 1 is 1.30 bits per heavy atom. The number of halogens is 1. The monoisotopic (exact) mass is 502 g/mol. The second-order valence-corrected chi connectivity index (χ2v) is 9.36. The topological polar surface area (TPSA) is 150 Å². The van der Waals surface area contributed by atoms with Crippen molar-refractivity contribution in [1.82, 2.24) is 14.5 Å². The van der Waals surface area contributed by atoms with Crippen LogP contribution in [-0.2, 0) is 13.0 Å². The lowest BCUT2D eigenvalue weighted by Gasteiger charge is -2.28. The molecule has 0 aliphatic carbocycles. The Morgan fingerprint density at radius 3 is 2.86 bits per heavy atom. The second-order valence-electron chi connectivity index (χ2n) is 9.36. The Labute approximate surface area is 209 Å². The van der Waals surface area contributed by atoms with Crippen LogP contribution >= 0.6 is 0 Å². The van der Waals surface area contributed by atoms with Crippen molar-refractivity contribution in [3.63, 3.8) is 0 Å². The molecule has 1 unspecified atom stereocenters. The molecule has 2 aliphatic heterocycles. The van der Waals surface area contributed by atoms with Gasteiger partial charge in [-0.1, -0.05) is 6.07 Å². The lowest BCUT2D eigenvalue weighted by molar-refractivity contribution is 0.0694. The number of carboxylic acids is 1. The number of nitrogens with zero attached hydrogens (tertiary/aromatic N) is 4. The maximum absolute atomic E-state index is 15.6. The van der Waals surface area contributed by atoms with E-state index in [4.69, 9.17) is 16.2 Å². The molecule has 4 aromatic rings. The lowest BCUT2D eigenvalue weighted by atomic mass is 9.96. The van der Waals surface area contributed by atoms with Gasteiger partial charge in [0.05, 0.1) is 22.5 Å². The molecule has 10 nitrogen and oxygen atoms in total. The number of carbonyl (C=O) groups is 1. The maximum atomic E-state index is 15.6. The number of nitrogens with two attached hydrogens (primary N) is 2. The molecule has 188 valence electrons. The molecule has 0 bridgehead atoms. The fourth-order valence-electron chi connectivity index (χ4n) is 5.20. The SMILES string of the molecule is CC1COc2c(-c3ccc4c(c3)CCN4Cc3cnc(N)nc3N)c(F)cc3c(=O)c(C(=O)O)cn1c23. The Morgan fingerprint density at radius 2 is 2.11 bits per heavy atom. The van der Waals surface area contributed by atoms with Gasteiger partial charge in [-0.2, -0.15) is 4.98 Å². The largest absolute Gasteiger partial charge is 0.488 e. The quantitative estimate of drug-likeness (QED) is 0.383. The van der Waals surface area contributed by atoms with Crippen LogP contribution < -0.4 is 26.5 Å². The van der Waals surface area contributed by atoms with E-state index in [1.54, 1.807) is 10.8 Å². The molecule has 6 rings (SSSR count). The summed E-state index contributed by atoms with van der Waals surface area (Å²) in [7, 11) is 0. The predicted octanol–water partition coefficient (Wildman–Crippen LogP) is 2.98. The van der Waals surface area contributed by atoms with E-state index in [2.05, 4.69) is 14.9 Å². The Balaban J connectivity index is 1.45. The van der Waals surface area contributed by atoms with Crippen molar-refractivity contribution in [3.05, 3.63) is 69.4 Å². The predicted molar refractivity (Wildman–Crippen MR) is 136 cm³/mol. The van der Waals surface area contributed by atoms with Gasteiger partial charge in [0.1, 0.15) is 23.8 Å². The van der Waals surface area contributed by atoms with Crippen LogP contribution in [0, 0.1) is 5.82 Å². The third kappa shape index (κ3) is 3.53. The number of carboxylic acid groups (broad SMARTS) is 1. The molecule has 2 aliphatic rings. The first-order valence-corrected chi connectivity index (χ1v) is 11.8. The van der Waals surface area contributed by atoms with Gasteiger partial charge in [0.2, 0.25) is 11.4 Å². The van der Waals surface area contributed by atoms with E-state index in [0.717, 1.165) is 35.8 Å². The number of aromatic carboxylic acids is 1. The summed E-state index contributed by atoms with van der Waals surface area (Å²) in [6, 6.07) is 6.55. The minimum Gasteiger partial charge on any atom is -0.488 e. The van der Waals surface area contributed by atoms with Gasteiger partial charge in [-0.3, -0.25) is 4.79 Å². The van der Waals surface area contributed by atoms with Crippen molar-refractivity contribution < 1.29 is 19.0 Å². The number of hydrogen-bond donors (Lipinski definition) is 3. The minimum absolute atomic E-state index is 0.0154. The third-order valence-electron chi connectivity index (χ3n) is 7.03. The van der Waals surface area contributed by atoms with Gasteiger partial charge < -0.3 is 30.8 Å². The molecule has 0 saturated carbocycles. The molecule has 2 aromatic heterocycles. The van der Waals surface area contributed by atoms with E-state index in [1.807, 2.05) is 25.1 Å². The number of nitrogen functional groups attached to an aromatic ring is 2. The fourth-order valence-corrected chi connectivity index (χ4v) is 5.20. The number of benzene rings is 2. The highest BCUT2D eigenvalue weighted by molar-refractivity contribution is 5.98. The summed E-state index contributed by atoms with van der Waals surface area (Å²) in [6.07, 6.45) is 3.68. The summed E-state index contributed by atoms with van der Waals surface area (Å²) < 4.78 is 23.3. The Hall–Kier alpha value is -4.67. The van der Waals surface area contributed by atoms with Gasteiger partial charge >= 0.3 is 5.97 Å². The molecule has 4 heterocycles. The number of anilines is 3. The van der Waals surface area contributed by atoms with E-state index in [0.29, 0.717) is 23.4 Å². The summed E-state index contributed by atoms with van der Waals surface area (Å²) in [5.74, 6) is -1.31. The molecule has 11 heteroatoms. The van der Waals surface area contributed by atoms with Crippen molar-refractivity contribution in [1.29, 1.82) is 0 Å². The van der Waals surface area contributed by atoms with Gasteiger partial charge in [-0.05, 0) is 42.7 Å². The summed E-state index contributed by atoms with van der Waals surface area (Å²) in [5, 5.41) is 9.47. The van der Waals surface area contributed by atoms with Gasteiger partial charge in [-0.25, -0.2) is 14.2 Å². The van der Waals surface area contributed by atoms with Gasteiger partial charge in [0, 0.05) is 36.7 Å². The van der Waals surface area contributed by atoms with E-state index in [9.17, 15) is 14.7 Å². The summed E-state index contributed by atoms with van der Waals surface area (Å²) >= 11 is 0. The van der Waals surface area contributed by atoms with Crippen molar-refractivity contribution >= 4 is 34.3 Å². The van der Waals surface area contributed by atoms with Crippen LogP contribution in [0.1, 0.15) is 34.5 Å².